The number of nitriles is 1. The zero-order valence-corrected chi connectivity index (χ0v) is 21.9. The van der Waals surface area contributed by atoms with E-state index in [0.717, 1.165) is 41.0 Å². The third-order valence-corrected chi connectivity index (χ3v) is 7.59. The van der Waals surface area contributed by atoms with Gasteiger partial charge in [-0.05, 0) is 56.6 Å². The van der Waals surface area contributed by atoms with Gasteiger partial charge >= 0.3 is 11.6 Å². The molecule has 2 aromatic rings. The lowest BCUT2D eigenvalue weighted by atomic mass is 9.78. The van der Waals surface area contributed by atoms with Crippen molar-refractivity contribution >= 4 is 24.0 Å². The minimum atomic E-state index is -0.879. The van der Waals surface area contributed by atoms with Crippen LogP contribution in [-0.2, 0) is 0 Å². The van der Waals surface area contributed by atoms with Gasteiger partial charge in [0, 0.05) is 39.9 Å². The highest BCUT2D eigenvalue weighted by molar-refractivity contribution is 6.02. The fraction of sp³-hybridized carbons (Fsp3) is 0.483. The zero-order valence-electron chi connectivity index (χ0n) is 21.9. The van der Waals surface area contributed by atoms with Crippen LogP contribution in [0.4, 0.5) is 5.69 Å². The number of pyridine rings is 1. The molecule has 1 aromatic carbocycles. The summed E-state index contributed by atoms with van der Waals surface area (Å²) < 4.78 is 8.85. The molecule has 0 radical (unpaired) electrons. The Morgan fingerprint density at radius 3 is 2.74 bits per heavy atom. The lowest BCUT2D eigenvalue weighted by molar-refractivity contribution is -0.911. The molecule has 2 aliphatic carbocycles. The quantitative estimate of drug-likeness (QED) is 0.367. The molecule has 198 valence electrons. The number of carbonyl (C=O) groups is 1. The second kappa shape index (κ2) is 10.5. The molecule has 1 aromatic heterocycles. The normalized spacial score (nSPS) is 23.3. The van der Waals surface area contributed by atoms with Crippen molar-refractivity contribution in [2.45, 2.75) is 70.3 Å². The number of rotatable bonds is 8. The second-order valence-electron chi connectivity index (χ2n) is 11.1. The van der Waals surface area contributed by atoms with Gasteiger partial charge in [0.05, 0.1) is 35.6 Å². The van der Waals surface area contributed by atoms with Crippen LogP contribution in [0.2, 0.25) is 0 Å². The van der Waals surface area contributed by atoms with E-state index >= 15 is 0 Å². The maximum Gasteiger partial charge on any atom is 0.325 e. The second-order valence-corrected chi connectivity index (χ2v) is 11.1. The summed E-state index contributed by atoms with van der Waals surface area (Å²) in [5.41, 5.74) is 0.430. The third-order valence-electron chi connectivity index (χ3n) is 7.59. The molecule has 0 atom stereocenters. The van der Waals surface area contributed by atoms with Crippen molar-refractivity contribution in [1.29, 1.82) is 5.26 Å². The van der Waals surface area contributed by atoms with Gasteiger partial charge in [-0.15, -0.1) is 0 Å². The van der Waals surface area contributed by atoms with E-state index in [0.29, 0.717) is 42.5 Å². The third kappa shape index (κ3) is 5.70. The Kier molecular flexibility index (Phi) is 7.17. The molecule has 9 heteroatoms. The molecule has 0 unspecified atom stereocenters. The zero-order chi connectivity index (χ0) is 26.9. The van der Waals surface area contributed by atoms with Crippen molar-refractivity contribution < 1.29 is 29.3 Å². The van der Waals surface area contributed by atoms with Crippen LogP contribution in [0, 0.1) is 23.2 Å². The van der Waals surface area contributed by atoms with Gasteiger partial charge in [-0.3, -0.25) is 10.0 Å². The Bertz CT molecular complexity index is 1430. The molecule has 9 nitrogen and oxygen atoms in total. The highest BCUT2D eigenvalue weighted by atomic mass is 16.5. The highest BCUT2D eigenvalue weighted by Crippen LogP contribution is 2.34. The molecule has 38 heavy (non-hydrogen) atoms. The number of aliphatic hydroxyl groups is 1. The van der Waals surface area contributed by atoms with Crippen LogP contribution in [0.25, 0.3) is 6.20 Å². The van der Waals surface area contributed by atoms with Crippen LogP contribution in [-0.4, -0.2) is 39.3 Å². The molecule has 2 heterocycles. The number of anilines is 1. The summed E-state index contributed by atoms with van der Waals surface area (Å²) in [6.45, 7) is 4.49. The number of carbonyl (C=O) groups excluding carboxylic acids is 1. The molecule has 5 rings (SSSR count). The first-order valence-electron chi connectivity index (χ1n) is 13.4. The van der Waals surface area contributed by atoms with E-state index < -0.39 is 11.5 Å². The highest BCUT2D eigenvalue weighted by Gasteiger charge is 2.34. The Labute approximate surface area is 222 Å². The number of hydrogen-bond donors (Lipinski definition) is 3. The van der Waals surface area contributed by atoms with Crippen molar-refractivity contribution in [3.05, 3.63) is 52.3 Å². The molecular formula is C29H35N5O4+2. The van der Waals surface area contributed by atoms with E-state index in [9.17, 15) is 15.1 Å². The Morgan fingerprint density at radius 1 is 1.29 bits per heavy atom. The fourth-order valence-corrected chi connectivity index (χ4v) is 5.04. The van der Waals surface area contributed by atoms with Crippen molar-refractivity contribution in [1.82, 2.24) is 0 Å². The van der Waals surface area contributed by atoms with E-state index in [1.807, 2.05) is 32.2 Å². The maximum atomic E-state index is 13.2. The first-order chi connectivity index (χ1) is 18.2. The summed E-state index contributed by atoms with van der Waals surface area (Å²) in [5.74, 6) is 0.950. The van der Waals surface area contributed by atoms with Crippen molar-refractivity contribution in [3.8, 4) is 11.8 Å². The van der Waals surface area contributed by atoms with Crippen LogP contribution in [0.15, 0.2) is 35.4 Å². The lowest BCUT2D eigenvalue weighted by Gasteiger charge is -2.32. The Morgan fingerprint density at radius 2 is 2.05 bits per heavy atom. The Hall–Kier alpha value is -3.77. The summed E-state index contributed by atoms with van der Waals surface area (Å²) in [6, 6.07) is 10.9. The number of amides is 1. The van der Waals surface area contributed by atoms with Crippen LogP contribution >= 0.6 is 0 Å². The number of hydrogen-bond acceptors (Lipinski definition) is 6. The van der Waals surface area contributed by atoms with E-state index in [1.165, 1.54) is 0 Å². The van der Waals surface area contributed by atoms with E-state index in [2.05, 4.69) is 17.6 Å². The summed E-state index contributed by atoms with van der Waals surface area (Å²) in [7, 11) is 0. The monoisotopic (exact) mass is 517 g/mol. The average Bonchev–Trinajstić information content (AvgIpc) is 3.63. The first-order valence-corrected chi connectivity index (χ1v) is 13.4. The molecule has 2 fully saturated rings. The Balaban J connectivity index is 1.40. The molecule has 3 aliphatic rings. The topological polar surface area (TPSA) is 122 Å². The van der Waals surface area contributed by atoms with Crippen LogP contribution in [0.1, 0.15) is 80.9 Å². The van der Waals surface area contributed by atoms with Crippen molar-refractivity contribution in [2.75, 3.05) is 11.9 Å². The lowest BCUT2D eigenvalue weighted by Crippen LogP contribution is -2.43. The van der Waals surface area contributed by atoms with Gasteiger partial charge in [0.15, 0.2) is 6.21 Å². The number of ether oxygens (including phenoxy) is 1. The smallest absolute Gasteiger partial charge is 0.325 e. The largest absolute Gasteiger partial charge is 0.491 e. The van der Waals surface area contributed by atoms with Crippen LogP contribution in [0.5, 0.6) is 5.75 Å². The van der Waals surface area contributed by atoms with Gasteiger partial charge in [-0.2, -0.15) is 5.26 Å². The van der Waals surface area contributed by atoms with Gasteiger partial charge in [-0.1, -0.05) is 18.5 Å². The number of nitrogens with zero attached hydrogens (tertiary/aromatic N) is 4. The van der Waals surface area contributed by atoms with Gasteiger partial charge in [0.2, 0.25) is 11.9 Å². The van der Waals surface area contributed by atoms with Crippen LogP contribution < -0.4 is 25.4 Å². The number of fused-ring (bicyclic) bond motifs is 1. The summed E-state index contributed by atoms with van der Waals surface area (Å²) in [5, 5.41) is 39.4. The summed E-state index contributed by atoms with van der Waals surface area (Å²) >= 11 is 0. The minimum absolute atomic E-state index is 0.0490. The predicted molar refractivity (Wildman–Crippen MR) is 139 cm³/mol. The number of nitrogens with one attached hydrogen (secondary N) is 1. The predicted octanol–water partition coefficient (Wildman–Crippen LogP) is 2.58. The first kappa shape index (κ1) is 25.9. The minimum Gasteiger partial charge on any atom is -0.491 e. The molecule has 3 N–H and O–H groups in total. The summed E-state index contributed by atoms with van der Waals surface area (Å²) in [4.78, 5) is 13.2. The molecular weight excluding hydrogens is 482 g/mol. The fourth-order valence-electron chi connectivity index (χ4n) is 5.04. The van der Waals surface area contributed by atoms with Crippen molar-refractivity contribution in [2.24, 2.45) is 16.9 Å². The van der Waals surface area contributed by atoms with Gasteiger partial charge < -0.3 is 15.2 Å². The molecule has 0 spiro atoms. The molecule has 1 aliphatic heterocycles. The van der Waals surface area contributed by atoms with E-state index in [-0.39, 0.29) is 24.0 Å². The van der Waals surface area contributed by atoms with Gasteiger partial charge in [-0.25, -0.2) is 0 Å². The van der Waals surface area contributed by atoms with Crippen molar-refractivity contribution in [3.63, 3.8) is 0 Å². The molecule has 1 amide bonds. The van der Waals surface area contributed by atoms with E-state index in [1.54, 1.807) is 22.9 Å². The molecule has 0 saturated heterocycles. The SMILES string of the molecule is CC(C)c1cccc(C(=O)Nc2cc3c(cc2OCC2CC2)=N/[N+](=C/C2CCC(O)(CC#N)CC2)C=3)[n+]1O. The van der Waals surface area contributed by atoms with Crippen LogP contribution in [0.3, 0.4) is 0 Å². The number of aromatic nitrogens is 1. The van der Waals surface area contributed by atoms with Gasteiger partial charge in [0.25, 0.3) is 0 Å². The van der Waals surface area contributed by atoms with E-state index in [4.69, 9.17) is 15.1 Å². The number of benzene rings is 1. The standard InChI is InChI=1S/C29H34N5O4/c1-19(2)25-4-3-5-26(34(25)37)28(35)31-24-14-22-17-33(16-20-8-10-29(36,11-9-20)12-13-30)32-23(22)15-27(24)38-18-21-6-7-21/h3-5,14-17,19-21,36H,6-12,18H2,1-2H3,(H-,31,35,37)/q+1/p+1/b33-16+. The summed E-state index contributed by atoms with van der Waals surface area (Å²) in [6.07, 6.45) is 9.21. The molecule has 0 bridgehead atoms. The maximum absolute atomic E-state index is 13.2. The average molecular weight is 518 g/mol. The molecule has 2 saturated carbocycles. The van der Waals surface area contributed by atoms with Gasteiger partial charge in [0.1, 0.15) is 11.1 Å².